The molecule has 0 radical (unpaired) electrons. The number of carbonyl (C=O) groups is 1. The maximum atomic E-state index is 13.3. The van der Waals surface area contributed by atoms with E-state index in [0.717, 1.165) is 5.56 Å². The first-order valence-corrected chi connectivity index (χ1v) is 7.11. The smallest absolute Gasteiger partial charge is 0.379 e. The Morgan fingerprint density at radius 2 is 1.80 bits per heavy atom. The summed E-state index contributed by atoms with van der Waals surface area (Å²) in [7, 11) is -4.35. The van der Waals surface area contributed by atoms with Gasteiger partial charge >= 0.3 is 11.9 Å². The second-order valence-electron chi connectivity index (χ2n) is 3.95. The number of halogens is 2. The molecule has 0 N–H and O–H groups in total. The van der Waals surface area contributed by atoms with E-state index >= 15 is 0 Å². The van der Waals surface area contributed by atoms with E-state index in [0.29, 0.717) is 0 Å². The van der Waals surface area contributed by atoms with Crippen molar-refractivity contribution in [2.75, 3.05) is 13.2 Å². The first kappa shape index (κ1) is 16.5. The van der Waals surface area contributed by atoms with Gasteiger partial charge in [0.2, 0.25) is 0 Å². The van der Waals surface area contributed by atoms with Crippen LogP contribution in [0.5, 0.6) is 0 Å². The topological polar surface area (TPSA) is 69.7 Å². The highest BCUT2D eigenvalue weighted by Gasteiger charge is 2.42. The Kier molecular flexibility index (Phi) is 5.18. The van der Waals surface area contributed by atoms with Gasteiger partial charge in [-0.25, -0.2) is 4.79 Å². The maximum absolute atomic E-state index is 13.3. The molecule has 0 amide bonds. The van der Waals surface area contributed by atoms with Crippen LogP contribution in [-0.2, 0) is 23.8 Å². The molecule has 0 saturated carbocycles. The normalized spacial score (nSPS) is 12.2. The lowest BCUT2D eigenvalue weighted by Crippen LogP contribution is -2.36. The molecular weight excluding hydrogens is 294 g/mol. The Balaban J connectivity index is 2.77. The van der Waals surface area contributed by atoms with E-state index in [2.05, 4.69) is 8.92 Å². The van der Waals surface area contributed by atoms with Gasteiger partial charge in [0, 0.05) is 0 Å². The number of benzene rings is 1. The number of carbonyl (C=O) groups excluding carboxylic acids is 1. The molecule has 8 heteroatoms. The van der Waals surface area contributed by atoms with Crippen LogP contribution in [0.1, 0.15) is 12.5 Å². The highest BCUT2D eigenvalue weighted by atomic mass is 32.2. The highest BCUT2D eigenvalue weighted by Crippen LogP contribution is 2.20. The Hall–Kier alpha value is -1.54. The van der Waals surface area contributed by atoms with Crippen molar-refractivity contribution in [3.63, 3.8) is 0 Å². The van der Waals surface area contributed by atoms with Gasteiger partial charge < -0.3 is 4.74 Å². The molecule has 112 valence electrons. The molecule has 0 unspecified atom stereocenters. The van der Waals surface area contributed by atoms with Gasteiger partial charge in [0.05, 0.1) is 11.5 Å². The van der Waals surface area contributed by atoms with E-state index < -0.39 is 28.6 Å². The zero-order chi connectivity index (χ0) is 15.4. The lowest BCUT2D eigenvalue weighted by atomic mass is 10.2. The summed E-state index contributed by atoms with van der Waals surface area (Å²) in [6.07, 6.45) is 0. The average Bonchev–Trinajstić information content (AvgIpc) is 2.37. The van der Waals surface area contributed by atoms with Crippen molar-refractivity contribution >= 4 is 16.1 Å². The lowest BCUT2D eigenvalue weighted by molar-refractivity contribution is -0.175. The van der Waals surface area contributed by atoms with Gasteiger partial charge in [0.1, 0.15) is 6.61 Å². The zero-order valence-corrected chi connectivity index (χ0v) is 11.7. The van der Waals surface area contributed by atoms with Crippen LogP contribution in [-0.4, -0.2) is 33.5 Å². The van der Waals surface area contributed by atoms with E-state index in [4.69, 9.17) is 0 Å². The number of aryl methyl sites for hydroxylation is 1. The lowest BCUT2D eigenvalue weighted by Gasteiger charge is -2.14. The number of hydrogen-bond donors (Lipinski definition) is 0. The number of esters is 1. The van der Waals surface area contributed by atoms with Gasteiger partial charge in [-0.15, -0.1) is 0 Å². The van der Waals surface area contributed by atoms with Crippen molar-refractivity contribution in [3.8, 4) is 0 Å². The molecule has 0 heterocycles. The molecule has 0 aliphatic heterocycles. The number of ether oxygens (including phenoxy) is 1. The molecule has 0 atom stereocenters. The van der Waals surface area contributed by atoms with Crippen molar-refractivity contribution in [1.82, 2.24) is 0 Å². The van der Waals surface area contributed by atoms with E-state index in [1.807, 2.05) is 0 Å². The number of alkyl halides is 2. The molecule has 0 spiro atoms. The van der Waals surface area contributed by atoms with Crippen LogP contribution in [0, 0.1) is 6.92 Å². The molecule has 0 fully saturated rings. The predicted octanol–water partition coefficient (Wildman–Crippen LogP) is 1.90. The van der Waals surface area contributed by atoms with Gasteiger partial charge in [-0.3, -0.25) is 4.18 Å². The molecule has 1 aromatic carbocycles. The third-order valence-electron chi connectivity index (χ3n) is 2.28. The number of hydrogen-bond acceptors (Lipinski definition) is 5. The Morgan fingerprint density at radius 1 is 1.25 bits per heavy atom. The minimum atomic E-state index is -4.35. The Morgan fingerprint density at radius 3 is 2.30 bits per heavy atom. The van der Waals surface area contributed by atoms with Crippen LogP contribution in [0.4, 0.5) is 8.78 Å². The van der Waals surface area contributed by atoms with Crippen LogP contribution in [0.2, 0.25) is 0 Å². The minimum absolute atomic E-state index is 0.237. The van der Waals surface area contributed by atoms with Crippen molar-refractivity contribution in [2.24, 2.45) is 0 Å². The summed E-state index contributed by atoms with van der Waals surface area (Å²) in [6.45, 7) is 1.27. The van der Waals surface area contributed by atoms with E-state index in [1.165, 1.54) is 31.2 Å². The van der Waals surface area contributed by atoms with Crippen LogP contribution >= 0.6 is 0 Å². The van der Waals surface area contributed by atoms with Crippen LogP contribution < -0.4 is 0 Å². The van der Waals surface area contributed by atoms with E-state index in [1.54, 1.807) is 6.92 Å². The monoisotopic (exact) mass is 308 g/mol. The summed E-state index contributed by atoms with van der Waals surface area (Å²) in [6, 6.07) is 5.46. The SMILES string of the molecule is CCOC(=O)C(F)(F)COS(=O)(=O)c1ccc(C)cc1. The molecular formula is C12H14F2O5S. The second-order valence-corrected chi connectivity index (χ2v) is 5.57. The van der Waals surface area contributed by atoms with E-state index in [-0.39, 0.29) is 11.5 Å². The molecule has 1 rings (SSSR count). The number of rotatable bonds is 6. The average molecular weight is 308 g/mol. The molecule has 0 aliphatic rings. The molecule has 0 aromatic heterocycles. The van der Waals surface area contributed by atoms with Crippen LogP contribution in [0.15, 0.2) is 29.2 Å². The summed E-state index contributed by atoms with van der Waals surface area (Å²) in [5.41, 5.74) is 0.806. The van der Waals surface area contributed by atoms with Crippen LogP contribution in [0.3, 0.4) is 0 Å². The van der Waals surface area contributed by atoms with Crippen molar-refractivity contribution in [2.45, 2.75) is 24.7 Å². The van der Waals surface area contributed by atoms with Gasteiger partial charge in [0.25, 0.3) is 10.1 Å². The van der Waals surface area contributed by atoms with Gasteiger partial charge in [-0.2, -0.15) is 17.2 Å². The third kappa shape index (κ3) is 4.24. The highest BCUT2D eigenvalue weighted by molar-refractivity contribution is 7.86. The maximum Gasteiger partial charge on any atom is 0.379 e. The first-order valence-electron chi connectivity index (χ1n) is 5.70. The van der Waals surface area contributed by atoms with Gasteiger partial charge in [-0.1, -0.05) is 17.7 Å². The molecule has 0 saturated heterocycles. The largest absolute Gasteiger partial charge is 0.461 e. The molecule has 0 aliphatic carbocycles. The first-order chi connectivity index (χ1) is 9.19. The second kappa shape index (κ2) is 6.27. The molecule has 20 heavy (non-hydrogen) atoms. The third-order valence-corrected chi connectivity index (χ3v) is 3.56. The quantitative estimate of drug-likeness (QED) is 0.593. The summed E-state index contributed by atoms with van der Waals surface area (Å²) in [5, 5.41) is 0. The van der Waals surface area contributed by atoms with Gasteiger partial charge in [0.15, 0.2) is 0 Å². The standard InChI is InChI=1S/C12H14F2O5S/c1-3-18-11(15)12(13,14)8-19-20(16,17)10-6-4-9(2)5-7-10/h4-7H,3,8H2,1-2H3. The Bertz CT molecular complexity index is 566. The van der Waals surface area contributed by atoms with Crippen molar-refractivity contribution in [1.29, 1.82) is 0 Å². The predicted molar refractivity (Wildman–Crippen MR) is 65.9 cm³/mol. The molecule has 1 aromatic rings. The molecule has 5 nitrogen and oxygen atoms in total. The fraction of sp³-hybridized carbons (Fsp3) is 0.417. The fourth-order valence-electron chi connectivity index (χ4n) is 1.22. The van der Waals surface area contributed by atoms with Crippen molar-refractivity contribution in [3.05, 3.63) is 29.8 Å². The Labute approximate surface area is 115 Å². The summed E-state index contributed by atoms with van der Waals surface area (Å²) in [4.78, 5) is 10.7. The summed E-state index contributed by atoms with van der Waals surface area (Å²) >= 11 is 0. The molecule has 0 bridgehead atoms. The summed E-state index contributed by atoms with van der Waals surface area (Å²) < 4.78 is 58.2. The summed E-state index contributed by atoms with van der Waals surface area (Å²) in [5.74, 6) is -5.84. The van der Waals surface area contributed by atoms with E-state index in [9.17, 15) is 22.0 Å². The van der Waals surface area contributed by atoms with Crippen LogP contribution in [0.25, 0.3) is 0 Å². The fourth-order valence-corrected chi connectivity index (χ4v) is 2.13. The van der Waals surface area contributed by atoms with Crippen molar-refractivity contribution < 1.29 is 30.9 Å². The zero-order valence-electron chi connectivity index (χ0n) is 10.9. The van der Waals surface area contributed by atoms with Gasteiger partial charge in [-0.05, 0) is 26.0 Å². The minimum Gasteiger partial charge on any atom is -0.461 e.